The van der Waals surface area contributed by atoms with Gasteiger partial charge in [0, 0.05) is 44.6 Å². The van der Waals surface area contributed by atoms with Gasteiger partial charge in [-0.25, -0.2) is 9.97 Å². The molecule has 0 aliphatic carbocycles. The molecule has 2 saturated heterocycles. The Balaban J connectivity index is 1.18. The van der Waals surface area contributed by atoms with E-state index in [1.54, 1.807) is 25.4 Å². The summed E-state index contributed by atoms with van der Waals surface area (Å²) >= 11 is 0. The van der Waals surface area contributed by atoms with Crippen molar-refractivity contribution in [2.24, 2.45) is 0 Å². The Morgan fingerprint density at radius 1 is 1.09 bits per heavy atom. The number of amides is 1. The van der Waals surface area contributed by atoms with Gasteiger partial charge >= 0.3 is 6.01 Å². The number of likely N-dealkylation sites (tertiary alicyclic amines) is 1. The second-order valence-electron chi connectivity index (χ2n) is 9.13. The fourth-order valence-corrected chi connectivity index (χ4v) is 5.10. The third-order valence-electron chi connectivity index (χ3n) is 6.75. The number of para-hydroxylation sites is 1. The van der Waals surface area contributed by atoms with Crippen LogP contribution >= 0.6 is 0 Å². The van der Waals surface area contributed by atoms with E-state index < -0.39 is 0 Å². The summed E-state index contributed by atoms with van der Waals surface area (Å²) in [7, 11) is 0. The molecule has 2 fully saturated rings. The summed E-state index contributed by atoms with van der Waals surface area (Å²) in [5.74, 6) is 0.807. The maximum Gasteiger partial charge on any atom is 0.321 e. The van der Waals surface area contributed by atoms with Crippen molar-refractivity contribution in [1.29, 1.82) is 0 Å². The van der Waals surface area contributed by atoms with E-state index in [1.165, 1.54) is 5.56 Å². The SMILES string of the molecule is CC(=O)N(c1ccccc1)C1COC2(CCN(Cc3cccc(Oc4ncccn4)c3)CC2)C1. The van der Waals surface area contributed by atoms with Gasteiger partial charge in [-0.2, -0.15) is 0 Å². The van der Waals surface area contributed by atoms with E-state index in [2.05, 4.69) is 20.9 Å². The van der Waals surface area contributed by atoms with Crippen LogP contribution in [0.3, 0.4) is 0 Å². The van der Waals surface area contributed by atoms with Crippen molar-refractivity contribution in [3.05, 3.63) is 78.6 Å². The minimum absolute atomic E-state index is 0.0669. The van der Waals surface area contributed by atoms with Gasteiger partial charge < -0.3 is 14.4 Å². The van der Waals surface area contributed by atoms with E-state index in [4.69, 9.17) is 9.47 Å². The van der Waals surface area contributed by atoms with Crippen LogP contribution in [-0.4, -0.2) is 52.1 Å². The van der Waals surface area contributed by atoms with E-state index in [-0.39, 0.29) is 17.6 Å². The van der Waals surface area contributed by atoms with Gasteiger partial charge in [-0.05, 0) is 55.2 Å². The minimum atomic E-state index is -0.140. The molecule has 1 amide bonds. The fraction of sp³-hybridized carbons (Fsp3) is 0.370. The molecular formula is C27H30N4O3. The molecule has 34 heavy (non-hydrogen) atoms. The quantitative estimate of drug-likeness (QED) is 0.544. The summed E-state index contributed by atoms with van der Waals surface area (Å²) in [5, 5.41) is 0. The molecule has 0 radical (unpaired) electrons. The highest BCUT2D eigenvalue weighted by atomic mass is 16.5. The Morgan fingerprint density at radius 2 is 1.85 bits per heavy atom. The van der Waals surface area contributed by atoms with Crippen molar-refractivity contribution in [1.82, 2.24) is 14.9 Å². The summed E-state index contributed by atoms with van der Waals surface area (Å²) in [4.78, 5) is 25.1. The Kier molecular flexibility index (Phi) is 6.56. The van der Waals surface area contributed by atoms with Crippen molar-refractivity contribution < 1.29 is 14.3 Å². The largest absolute Gasteiger partial charge is 0.424 e. The van der Waals surface area contributed by atoms with Gasteiger partial charge in [-0.15, -0.1) is 0 Å². The first-order chi connectivity index (χ1) is 16.6. The lowest BCUT2D eigenvalue weighted by molar-refractivity contribution is -0.117. The van der Waals surface area contributed by atoms with Crippen LogP contribution in [0.4, 0.5) is 5.69 Å². The van der Waals surface area contributed by atoms with Gasteiger partial charge in [0.2, 0.25) is 5.91 Å². The van der Waals surface area contributed by atoms with E-state index >= 15 is 0 Å². The van der Waals surface area contributed by atoms with Crippen molar-refractivity contribution in [2.45, 2.75) is 44.4 Å². The second-order valence-corrected chi connectivity index (χ2v) is 9.13. The zero-order chi connectivity index (χ0) is 23.4. The lowest BCUT2D eigenvalue weighted by Crippen LogP contribution is -2.45. The van der Waals surface area contributed by atoms with E-state index in [1.807, 2.05) is 53.4 Å². The summed E-state index contributed by atoms with van der Waals surface area (Å²) in [6.07, 6.45) is 6.16. The number of anilines is 1. The number of carbonyl (C=O) groups excluding carboxylic acids is 1. The molecule has 1 unspecified atom stereocenters. The third-order valence-corrected chi connectivity index (χ3v) is 6.75. The van der Waals surface area contributed by atoms with Crippen molar-refractivity contribution in [2.75, 3.05) is 24.6 Å². The van der Waals surface area contributed by atoms with Crippen LogP contribution in [0.25, 0.3) is 0 Å². The van der Waals surface area contributed by atoms with E-state index in [0.717, 1.165) is 50.3 Å². The maximum absolute atomic E-state index is 12.4. The number of piperidine rings is 1. The molecule has 2 aliphatic rings. The molecule has 1 aromatic heterocycles. The summed E-state index contributed by atoms with van der Waals surface area (Å²) in [6.45, 7) is 5.02. The van der Waals surface area contributed by atoms with Gasteiger partial charge in [-0.1, -0.05) is 30.3 Å². The lowest BCUT2D eigenvalue weighted by Gasteiger charge is -2.39. The number of benzene rings is 2. The van der Waals surface area contributed by atoms with Gasteiger partial charge in [0.15, 0.2) is 0 Å². The Labute approximate surface area is 200 Å². The third kappa shape index (κ3) is 5.11. The topological polar surface area (TPSA) is 67.8 Å². The van der Waals surface area contributed by atoms with Crippen LogP contribution in [0.5, 0.6) is 11.8 Å². The van der Waals surface area contributed by atoms with Gasteiger partial charge in [0.25, 0.3) is 0 Å². The molecule has 2 aromatic carbocycles. The molecule has 0 saturated carbocycles. The first kappa shape index (κ1) is 22.5. The molecule has 0 bridgehead atoms. The van der Waals surface area contributed by atoms with Crippen molar-refractivity contribution >= 4 is 11.6 Å². The maximum atomic E-state index is 12.4. The second kappa shape index (κ2) is 9.91. The van der Waals surface area contributed by atoms with Gasteiger partial charge in [0.05, 0.1) is 18.2 Å². The van der Waals surface area contributed by atoms with Gasteiger partial charge in [-0.3, -0.25) is 9.69 Å². The minimum Gasteiger partial charge on any atom is -0.424 e. The number of nitrogens with zero attached hydrogens (tertiary/aromatic N) is 4. The molecule has 3 heterocycles. The van der Waals surface area contributed by atoms with Crippen LogP contribution in [0, 0.1) is 0 Å². The van der Waals surface area contributed by atoms with E-state index in [9.17, 15) is 4.79 Å². The summed E-state index contributed by atoms with van der Waals surface area (Å²) < 4.78 is 12.2. The number of carbonyl (C=O) groups is 1. The molecule has 176 valence electrons. The fourth-order valence-electron chi connectivity index (χ4n) is 5.10. The monoisotopic (exact) mass is 458 g/mol. The van der Waals surface area contributed by atoms with Crippen molar-refractivity contribution in [3.63, 3.8) is 0 Å². The predicted molar refractivity (Wildman–Crippen MR) is 130 cm³/mol. The Hall–Kier alpha value is -3.29. The molecule has 1 atom stereocenters. The summed E-state index contributed by atoms with van der Waals surface area (Å²) in [5.41, 5.74) is 2.00. The van der Waals surface area contributed by atoms with Crippen LogP contribution in [0.2, 0.25) is 0 Å². The Morgan fingerprint density at radius 3 is 2.59 bits per heavy atom. The van der Waals surface area contributed by atoms with Crippen LogP contribution in [0.1, 0.15) is 31.7 Å². The number of hydrogen-bond acceptors (Lipinski definition) is 6. The van der Waals surface area contributed by atoms with E-state index in [0.29, 0.717) is 12.6 Å². The number of hydrogen-bond donors (Lipinski definition) is 0. The standard InChI is InChI=1S/C27H30N4O3/c1-21(32)31(23-8-3-2-4-9-23)24-18-27(33-20-24)11-15-30(16-12-27)19-22-7-5-10-25(17-22)34-26-28-13-6-14-29-26/h2-10,13-14,17,24H,11-12,15-16,18-20H2,1H3. The van der Waals surface area contributed by atoms with Crippen LogP contribution in [0.15, 0.2) is 73.1 Å². The van der Waals surface area contributed by atoms with Gasteiger partial charge in [0.1, 0.15) is 5.75 Å². The number of aromatic nitrogens is 2. The highest BCUT2D eigenvalue weighted by Gasteiger charge is 2.45. The zero-order valence-electron chi connectivity index (χ0n) is 19.5. The normalized spacial score (nSPS) is 19.7. The highest BCUT2D eigenvalue weighted by molar-refractivity contribution is 5.92. The molecule has 2 aliphatic heterocycles. The average Bonchev–Trinajstić information content (AvgIpc) is 3.25. The molecule has 3 aromatic rings. The van der Waals surface area contributed by atoms with Crippen LogP contribution in [-0.2, 0) is 16.1 Å². The first-order valence-corrected chi connectivity index (χ1v) is 11.9. The lowest BCUT2D eigenvalue weighted by atomic mass is 9.86. The summed E-state index contributed by atoms with van der Waals surface area (Å²) in [6, 6.07) is 20.2. The molecule has 7 nitrogen and oxygen atoms in total. The smallest absolute Gasteiger partial charge is 0.321 e. The first-order valence-electron chi connectivity index (χ1n) is 11.9. The molecule has 1 spiro atoms. The highest BCUT2D eigenvalue weighted by Crippen LogP contribution is 2.39. The molecule has 0 N–H and O–H groups in total. The molecular weight excluding hydrogens is 428 g/mol. The number of rotatable bonds is 6. The average molecular weight is 459 g/mol. The van der Waals surface area contributed by atoms with Crippen LogP contribution < -0.4 is 9.64 Å². The molecule has 5 rings (SSSR count). The zero-order valence-corrected chi connectivity index (χ0v) is 19.5. The predicted octanol–water partition coefficient (Wildman–Crippen LogP) is 4.45. The molecule has 7 heteroatoms. The number of ether oxygens (including phenoxy) is 2. The van der Waals surface area contributed by atoms with Crippen molar-refractivity contribution in [3.8, 4) is 11.8 Å². The Bertz CT molecular complexity index is 1100.